The second-order valence-electron chi connectivity index (χ2n) is 3.54. The molecule has 0 unspecified atom stereocenters. The van der Waals surface area contributed by atoms with Crippen LogP contribution in [0, 0.1) is 0 Å². The zero-order valence-corrected chi connectivity index (χ0v) is 14.6. The van der Waals surface area contributed by atoms with Gasteiger partial charge in [0.1, 0.15) is 6.61 Å². The average Bonchev–Trinajstić information content (AvgIpc) is 2.40. The van der Waals surface area contributed by atoms with Crippen molar-refractivity contribution in [2.75, 3.05) is 25.7 Å². The van der Waals surface area contributed by atoms with Crippen molar-refractivity contribution in [2.45, 2.75) is 33.1 Å². The topological polar surface area (TPSA) is 158 Å². The molecule has 0 spiro atoms. The van der Waals surface area contributed by atoms with Crippen LogP contribution in [0.5, 0.6) is 0 Å². The molecule has 138 valence electrons. The molecule has 0 aromatic rings. The lowest BCUT2D eigenvalue weighted by Crippen LogP contribution is -2.02. The van der Waals surface area contributed by atoms with Crippen molar-refractivity contribution in [3.63, 3.8) is 0 Å². The summed E-state index contributed by atoms with van der Waals surface area (Å²) in [7, 11) is 1.34. The van der Waals surface area contributed by atoms with Crippen LogP contribution >= 0.6 is 11.8 Å². The summed E-state index contributed by atoms with van der Waals surface area (Å²) in [5.41, 5.74) is 0. The van der Waals surface area contributed by atoms with Gasteiger partial charge in [0.15, 0.2) is 0 Å². The molecule has 0 aliphatic carbocycles. The van der Waals surface area contributed by atoms with Crippen molar-refractivity contribution >= 4 is 35.6 Å². The van der Waals surface area contributed by atoms with Gasteiger partial charge in [-0.05, 0) is 12.7 Å². The summed E-state index contributed by atoms with van der Waals surface area (Å²) >= 11 is 1.31. The SMILES string of the molecule is CCC(=O)O.CCCC(=O)O.COCC(=O)O.CSCC(=O)O. The lowest BCUT2D eigenvalue weighted by Gasteiger charge is -1.83. The lowest BCUT2D eigenvalue weighted by molar-refractivity contribution is -0.141. The maximum atomic E-state index is 9.60. The van der Waals surface area contributed by atoms with E-state index in [1.807, 2.05) is 6.92 Å². The third kappa shape index (κ3) is 79.1. The van der Waals surface area contributed by atoms with Gasteiger partial charge in [-0.1, -0.05) is 13.8 Å². The molecule has 0 aromatic carbocycles. The molecular weight excluding hydrogens is 332 g/mol. The van der Waals surface area contributed by atoms with Gasteiger partial charge in [0.25, 0.3) is 0 Å². The van der Waals surface area contributed by atoms with E-state index >= 15 is 0 Å². The predicted octanol–water partition coefficient (Wildman–Crippen LogP) is 1.50. The number of rotatable bonds is 7. The zero-order chi connectivity index (χ0) is 19.3. The summed E-state index contributed by atoms with van der Waals surface area (Å²) in [6.07, 6.45) is 3.00. The van der Waals surface area contributed by atoms with E-state index in [-0.39, 0.29) is 18.8 Å². The molecule has 10 heteroatoms. The van der Waals surface area contributed by atoms with Gasteiger partial charge < -0.3 is 25.2 Å². The third-order valence-electron chi connectivity index (χ3n) is 1.30. The fourth-order valence-electron chi connectivity index (χ4n) is 0.461. The molecule has 0 aliphatic heterocycles. The Kier molecular flexibility index (Phi) is 32.0. The van der Waals surface area contributed by atoms with Crippen molar-refractivity contribution in [1.82, 2.24) is 0 Å². The Morgan fingerprint density at radius 1 is 0.870 bits per heavy atom. The molecule has 23 heavy (non-hydrogen) atoms. The van der Waals surface area contributed by atoms with Gasteiger partial charge in [0.05, 0.1) is 5.75 Å². The van der Waals surface area contributed by atoms with Crippen LogP contribution in [0.25, 0.3) is 0 Å². The zero-order valence-electron chi connectivity index (χ0n) is 13.8. The molecule has 0 amide bonds. The summed E-state index contributed by atoms with van der Waals surface area (Å²) in [6.45, 7) is 3.23. The lowest BCUT2D eigenvalue weighted by atomic mass is 10.4. The van der Waals surface area contributed by atoms with Gasteiger partial charge >= 0.3 is 23.9 Å². The smallest absolute Gasteiger partial charge is 0.329 e. The van der Waals surface area contributed by atoms with Crippen molar-refractivity contribution in [3.05, 3.63) is 0 Å². The van der Waals surface area contributed by atoms with E-state index in [1.54, 1.807) is 13.2 Å². The fraction of sp³-hybridized carbons (Fsp3) is 0.692. The summed E-state index contributed by atoms with van der Waals surface area (Å²) < 4.78 is 4.20. The molecular formula is C13H26O9S. The van der Waals surface area contributed by atoms with Gasteiger partial charge in [0, 0.05) is 20.0 Å². The van der Waals surface area contributed by atoms with E-state index in [0.29, 0.717) is 6.42 Å². The monoisotopic (exact) mass is 358 g/mol. The van der Waals surface area contributed by atoms with E-state index in [0.717, 1.165) is 6.42 Å². The van der Waals surface area contributed by atoms with Gasteiger partial charge in [-0.3, -0.25) is 14.4 Å². The number of hydrogen-bond donors (Lipinski definition) is 4. The largest absolute Gasteiger partial charge is 0.481 e. The van der Waals surface area contributed by atoms with Crippen LogP contribution < -0.4 is 0 Å². The Balaban J connectivity index is -0.000000105. The number of carboxylic acids is 4. The first-order valence-corrected chi connectivity index (χ1v) is 7.83. The van der Waals surface area contributed by atoms with E-state index in [9.17, 15) is 19.2 Å². The first-order valence-electron chi connectivity index (χ1n) is 6.43. The number of hydrogen-bond acceptors (Lipinski definition) is 6. The van der Waals surface area contributed by atoms with Gasteiger partial charge in [-0.2, -0.15) is 11.8 Å². The number of aliphatic carboxylic acids is 4. The van der Waals surface area contributed by atoms with Gasteiger partial charge in [-0.25, -0.2) is 4.79 Å². The van der Waals surface area contributed by atoms with E-state index < -0.39 is 23.9 Å². The highest BCUT2D eigenvalue weighted by Crippen LogP contribution is 1.87. The summed E-state index contributed by atoms with van der Waals surface area (Å²) in [5, 5.41) is 31.3. The predicted molar refractivity (Wildman–Crippen MR) is 86.0 cm³/mol. The molecule has 0 aromatic heterocycles. The highest BCUT2D eigenvalue weighted by molar-refractivity contribution is 7.99. The first kappa shape index (κ1) is 29.2. The molecule has 0 atom stereocenters. The maximum Gasteiger partial charge on any atom is 0.329 e. The second-order valence-corrected chi connectivity index (χ2v) is 4.41. The van der Waals surface area contributed by atoms with Crippen molar-refractivity contribution in [1.29, 1.82) is 0 Å². The van der Waals surface area contributed by atoms with E-state index in [1.165, 1.54) is 18.9 Å². The van der Waals surface area contributed by atoms with Gasteiger partial charge in [-0.15, -0.1) is 0 Å². The Morgan fingerprint density at radius 2 is 1.30 bits per heavy atom. The molecule has 0 heterocycles. The number of methoxy groups -OCH3 is 1. The number of thioether (sulfide) groups is 1. The second kappa shape index (κ2) is 25.2. The highest BCUT2D eigenvalue weighted by atomic mass is 32.2. The average molecular weight is 358 g/mol. The van der Waals surface area contributed by atoms with Crippen LogP contribution in [-0.2, 0) is 23.9 Å². The van der Waals surface area contributed by atoms with Crippen LogP contribution in [0.2, 0.25) is 0 Å². The Bertz CT molecular complexity index is 281. The Morgan fingerprint density at radius 3 is 1.30 bits per heavy atom. The van der Waals surface area contributed by atoms with Crippen LogP contribution in [0.1, 0.15) is 33.1 Å². The van der Waals surface area contributed by atoms with E-state index in [4.69, 9.17) is 20.4 Å². The van der Waals surface area contributed by atoms with Gasteiger partial charge in [0.2, 0.25) is 0 Å². The first-order chi connectivity index (χ1) is 10.6. The fourth-order valence-corrected chi connectivity index (χ4v) is 0.708. The maximum absolute atomic E-state index is 9.60. The normalized spacial score (nSPS) is 8.00. The molecule has 0 bridgehead atoms. The Labute approximate surface area is 139 Å². The number of carboxylic acid groups (broad SMARTS) is 4. The molecule has 9 nitrogen and oxygen atoms in total. The summed E-state index contributed by atoms with van der Waals surface area (Å²) in [5.74, 6) is -2.93. The van der Waals surface area contributed by atoms with E-state index in [2.05, 4.69) is 4.74 Å². The van der Waals surface area contributed by atoms with Crippen molar-refractivity contribution < 1.29 is 44.3 Å². The number of carbonyl (C=O) groups is 4. The minimum atomic E-state index is -0.933. The molecule has 4 N–H and O–H groups in total. The van der Waals surface area contributed by atoms with Crippen LogP contribution in [0.4, 0.5) is 0 Å². The quantitative estimate of drug-likeness (QED) is 0.525. The van der Waals surface area contributed by atoms with Crippen LogP contribution in [-0.4, -0.2) is 70.0 Å². The summed E-state index contributed by atoms with van der Waals surface area (Å²) in [6, 6.07) is 0. The number of ether oxygens (including phenoxy) is 1. The third-order valence-corrected chi connectivity index (χ3v) is 1.84. The molecule has 0 rings (SSSR count). The summed E-state index contributed by atoms with van der Waals surface area (Å²) in [4.78, 5) is 38.0. The standard InChI is InChI=1S/C4H8O2.C3H6O3.C3H6O2S.C3H6O2/c1-2-3-4(5)6;2*1-6-2-3(4)5;1-2-3(4)5/h2-3H2,1H3,(H,5,6);2*2H2,1H3,(H,4,5);2H2,1H3,(H,4,5). The molecule has 0 saturated carbocycles. The molecule has 0 saturated heterocycles. The molecule has 0 fully saturated rings. The van der Waals surface area contributed by atoms with Crippen molar-refractivity contribution in [2.24, 2.45) is 0 Å². The molecule has 0 radical (unpaired) electrons. The van der Waals surface area contributed by atoms with Crippen LogP contribution in [0.15, 0.2) is 0 Å². The highest BCUT2D eigenvalue weighted by Gasteiger charge is 1.88. The minimum absolute atomic E-state index is 0.208. The van der Waals surface area contributed by atoms with Crippen LogP contribution in [0.3, 0.4) is 0 Å². The minimum Gasteiger partial charge on any atom is -0.481 e. The van der Waals surface area contributed by atoms with Crippen molar-refractivity contribution in [3.8, 4) is 0 Å². The molecule has 0 aliphatic rings. The Hall–Kier alpha value is -1.81.